The second-order valence-electron chi connectivity index (χ2n) is 7.74. The van der Waals surface area contributed by atoms with Crippen LogP contribution >= 0.6 is 0 Å². The Morgan fingerprint density at radius 1 is 1.04 bits per heavy atom. The molecule has 25 heavy (non-hydrogen) atoms. The Balaban J connectivity index is 1.46. The molecule has 1 aromatic carbocycles. The van der Waals surface area contributed by atoms with E-state index in [4.69, 9.17) is 0 Å². The van der Waals surface area contributed by atoms with Gasteiger partial charge in [-0.15, -0.1) is 0 Å². The molecule has 0 unspecified atom stereocenters. The molecule has 4 heteroatoms. The number of carbonyl (C=O) groups excluding carboxylic acids is 2. The number of anilines is 2. The fourth-order valence-corrected chi connectivity index (χ4v) is 3.66. The highest BCUT2D eigenvalue weighted by atomic mass is 16.2. The van der Waals surface area contributed by atoms with Crippen LogP contribution in [0.3, 0.4) is 0 Å². The summed E-state index contributed by atoms with van der Waals surface area (Å²) < 4.78 is 0. The van der Waals surface area contributed by atoms with Crippen LogP contribution in [0.25, 0.3) is 0 Å². The number of hydrogen-bond donors (Lipinski definition) is 2. The van der Waals surface area contributed by atoms with Gasteiger partial charge in [0, 0.05) is 23.7 Å². The van der Waals surface area contributed by atoms with Gasteiger partial charge in [-0.05, 0) is 56.2 Å². The molecule has 2 amide bonds. The number of aryl methyl sites for hydroxylation is 1. The summed E-state index contributed by atoms with van der Waals surface area (Å²) in [6, 6.07) is 5.71. The summed E-state index contributed by atoms with van der Waals surface area (Å²) >= 11 is 0. The quantitative estimate of drug-likeness (QED) is 0.730. The van der Waals surface area contributed by atoms with E-state index in [0.29, 0.717) is 6.42 Å². The normalized spacial score (nSPS) is 18.0. The Bertz CT molecular complexity index is 616. The molecular weight excluding hydrogens is 312 g/mol. The SMILES string of the molecule is Cc1ccc(NC(=O)C2CC2)cc1NC(=O)CCCC1CCCCC1. The lowest BCUT2D eigenvalue weighted by atomic mass is 9.86. The van der Waals surface area contributed by atoms with E-state index in [1.165, 1.54) is 38.5 Å². The van der Waals surface area contributed by atoms with Crippen LogP contribution < -0.4 is 10.6 Å². The third-order valence-corrected chi connectivity index (χ3v) is 5.47. The third-order valence-electron chi connectivity index (χ3n) is 5.47. The second kappa shape index (κ2) is 8.50. The molecule has 0 aromatic heterocycles. The van der Waals surface area contributed by atoms with Crippen molar-refractivity contribution in [1.82, 2.24) is 0 Å². The molecule has 0 saturated heterocycles. The van der Waals surface area contributed by atoms with E-state index in [1.54, 1.807) is 0 Å². The van der Waals surface area contributed by atoms with E-state index in [-0.39, 0.29) is 17.7 Å². The van der Waals surface area contributed by atoms with Gasteiger partial charge in [-0.1, -0.05) is 38.2 Å². The molecule has 2 aliphatic carbocycles. The predicted molar refractivity (Wildman–Crippen MR) is 102 cm³/mol. The molecule has 0 heterocycles. The highest BCUT2D eigenvalue weighted by molar-refractivity contribution is 5.96. The van der Waals surface area contributed by atoms with Crippen molar-refractivity contribution < 1.29 is 9.59 Å². The van der Waals surface area contributed by atoms with E-state index >= 15 is 0 Å². The van der Waals surface area contributed by atoms with E-state index in [9.17, 15) is 9.59 Å². The van der Waals surface area contributed by atoms with E-state index < -0.39 is 0 Å². The Kier molecular flexibility index (Phi) is 6.11. The number of nitrogens with one attached hydrogen (secondary N) is 2. The summed E-state index contributed by atoms with van der Waals surface area (Å²) in [5, 5.41) is 5.96. The molecule has 0 bridgehead atoms. The molecule has 0 radical (unpaired) electrons. The predicted octanol–water partition coefficient (Wildman–Crippen LogP) is 5.03. The summed E-state index contributed by atoms with van der Waals surface area (Å²) in [5.74, 6) is 1.17. The zero-order valence-corrected chi connectivity index (χ0v) is 15.3. The fourth-order valence-electron chi connectivity index (χ4n) is 3.66. The van der Waals surface area contributed by atoms with Gasteiger partial charge in [-0.2, -0.15) is 0 Å². The molecule has 3 rings (SSSR count). The van der Waals surface area contributed by atoms with Gasteiger partial charge in [0.25, 0.3) is 0 Å². The van der Waals surface area contributed by atoms with Crippen molar-refractivity contribution in [3.05, 3.63) is 23.8 Å². The van der Waals surface area contributed by atoms with Crippen LogP contribution in [0.2, 0.25) is 0 Å². The van der Waals surface area contributed by atoms with Gasteiger partial charge in [-0.25, -0.2) is 0 Å². The molecule has 2 fully saturated rings. The summed E-state index contributed by atoms with van der Waals surface area (Å²) in [6.45, 7) is 1.98. The van der Waals surface area contributed by atoms with E-state index in [1.807, 2.05) is 25.1 Å². The zero-order valence-electron chi connectivity index (χ0n) is 15.3. The Morgan fingerprint density at radius 3 is 2.52 bits per heavy atom. The molecule has 1 aromatic rings. The van der Waals surface area contributed by atoms with Crippen molar-refractivity contribution in [2.45, 2.75) is 71.1 Å². The average molecular weight is 342 g/mol. The number of rotatable bonds is 7. The van der Waals surface area contributed by atoms with Crippen LogP contribution in [0.15, 0.2) is 18.2 Å². The maximum atomic E-state index is 12.3. The minimum atomic E-state index is 0.0737. The number of benzene rings is 1. The first kappa shape index (κ1) is 18.0. The maximum Gasteiger partial charge on any atom is 0.227 e. The van der Waals surface area contributed by atoms with Crippen LogP contribution in [-0.4, -0.2) is 11.8 Å². The number of hydrogen-bond acceptors (Lipinski definition) is 2. The molecule has 2 aliphatic rings. The van der Waals surface area contributed by atoms with Gasteiger partial charge in [0.05, 0.1) is 0 Å². The molecule has 2 saturated carbocycles. The standard InChI is InChI=1S/C21H30N2O2/c1-15-10-13-18(22-21(25)17-11-12-17)14-19(15)23-20(24)9-5-8-16-6-3-2-4-7-16/h10,13-14,16-17H,2-9,11-12H2,1H3,(H,22,25)(H,23,24). The highest BCUT2D eigenvalue weighted by Gasteiger charge is 2.29. The van der Waals surface area contributed by atoms with Gasteiger partial charge in [0.2, 0.25) is 11.8 Å². The lowest BCUT2D eigenvalue weighted by molar-refractivity contribution is -0.117. The van der Waals surface area contributed by atoms with Crippen molar-refractivity contribution >= 4 is 23.2 Å². The molecule has 136 valence electrons. The van der Waals surface area contributed by atoms with Crippen molar-refractivity contribution in [1.29, 1.82) is 0 Å². The molecule has 0 spiro atoms. The van der Waals surface area contributed by atoms with Crippen LogP contribution in [0, 0.1) is 18.8 Å². The smallest absolute Gasteiger partial charge is 0.227 e. The van der Waals surface area contributed by atoms with E-state index in [0.717, 1.165) is 42.1 Å². The topological polar surface area (TPSA) is 58.2 Å². The molecule has 0 aliphatic heterocycles. The van der Waals surface area contributed by atoms with Crippen molar-refractivity contribution in [3.63, 3.8) is 0 Å². The van der Waals surface area contributed by atoms with Crippen LogP contribution in [0.1, 0.15) is 69.8 Å². The van der Waals surface area contributed by atoms with Crippen molar-refractivity contribution in [3.8, 4) is 0 Å². The fraction of sp³-hybridized carbons (Fsp3) is 0.619. The van der Waals surface area contributed by atoms with Gasteiger partial charge in [0.15, 0.2) is 0 Å². The van der Waals surface area contributed by atoms with Crippen molar-refractivity contribution in [2.24, 2.45) is 11.8 Å². The number of amides is 2. The van der Waals surface area contributed by atoms with Gasteiger partial charge in [0.1, 0.15) is 0 Å². The summed E-state index contributed by atoms with van der Waals surface area (Å²) in [6.07, 6.45) is 11.5. The third kappa shape index (κ3) is 5.58. The summed E-state index contributed by atoms with van der Waals surface area (Å²) in [4.78, 5) is 24.1. The Morgan fingerprint density at radius 2 is 1.80 bits per heavy atom. The first-order chi connectivity index (χ1) is 12.1. The molecule has 2 N–H and O–H groups in total. The van der Waals surface area contributed by atoms with Crippen LogP contribution in [0.4, 0.5) is 11.4 Å². The minimum absolute atomic E-state index is 0.0737. The minimum Gasteiger partial charge on any atom is -0.326 e. The van der Waals surface area contributed by atoms with Crippen LogP contribution in [-0.2, 0) is 9.59 Å². The first-order valence-corrected chi connectivity index (χ1v) is 9.83. The lowest BCUT2D eigenvalue weighted by Gasteiger charge is -2.21. The molecule has 4 nitrogen and oxygen atoms in total. The monoisotopic (exact) mass is 342 g/mol. The average Bonchev–Trinajstić information content (AvgIpc) is 3.44. The zero-order chi connectivity index (χ0) is 17.6. The van der Waals surface area contributed by atoms with Gasteiger partial charge < -0.3 is 10.6 Å². The summed E-state index contributed by atoms with van der Waals surface area (Å²) in [7, 11) is 0. The number of carbonyl (C=O) groups is 2. The van der Waals surface area contributed by atoms with Crippen LogP contribution in [0.5, 0.6) is 0 Å². The first-order valence-electron chi connectivity index (χ1n) is 9.83. The summed E-state index contributed by atoms with van der Waals surface area (Å²) in [5.41, 5.74) is 2.58. The highest BCUT2D eigenvalue weighted by Crippen LogP contribution is 2.31. The second-order valence-corrected chi connectivity index (χ2v) is 7.74. The largest absolute Gasteiger partial charge is 0.326 e. The van der Waals surface area contributed by atoms with Gasteiger partial charge >= 0.3 is 0 Å². The molecule has 0 atom stereocenters. The maximum absolute atomic E-state index is 12.3. The van der Waals surface area contributed by atoms with E-state index in [2.05, 4.69) is 10.6 Å². The van der Waals surface area contributed by atoms with Gasteiger partial charge in [-0.3, -0.25) is 9.59 Å². The Labute approximate surface area is 150 Å². The van der Waals surface area contributed by atoms with Crippen molar-refractivity contribution in [2.75, 3.05) is 10.6 Å². The Hall–Kier alpha value is -1.84. The lowest BCUT2D eigenvalue weighted by Crippen LogP contribution is -2.15. The molecular formula is C21H30N2O2.